The fourth-order valence-corrected chi connectivity index (χ4v) is 2.23. The third-order valence-electron chi connectivity index (χ3n) is 3.42. The van der Waals surface area contributed by atoms with E-state index in [4.69, 9.17) is 20.6 Å². The van der Waals surface area contributed by atoms with Gasteiger partial charge in [0.15, 0.2) is 11.5 Å². The molecule has 0 fully saturated rings. The van der Waals surface area contributed by atoms with Crippen LogP contribution in [0.3, 0.4) is 0 Å². The lowest BCUT2D eigenvalue weighted by Crippen LogP contribution is -2.17. The van der Waals surface area contributed by atoms with Gasteiger partial charge in [0.05, 0.1) is 12.8 Å². The number of carbonyl (C=O) groups excluding carboxylic acids is 1. The van der Waals surface area contributed by atoms with Crippen LogP contribution < -0.4 is 19.6 Å². The summed E-state index contributed by atoms with van der Waals surface area (Å²) in [6, 6.07) is 12.1. The van der Waals surface area contributed by atoms with Crippen LogP contribution in [0.2, 0.25) is 0 Å². The normalized spacial score (nSPS) is 10.1. The third kappa shape index (κ3) is 6.22. The van der Waals surface area contributed by atoms with Gasteiger partial charge in [0.25, 0.3) is 5.91 Å². The van der Waals surface area contributed by atoms with Crippen LogP contribution in [0.15, 0.2) is 60.2 Å². The molecule has 0 spiro atoms. The average molecular weight is 378 g/mol. The summed E-state index contributed by atoms with van der Waals surface area (Å²) in [5, 5.41) is 3.98. The summed E-state index contributed by atoms with van der Waals surface area (Å²) in [7, 11) is 0. The molecule has 0 aromatic heterocycles. The molecule has 0 aliphatic rings. The number of benzene rings is 2. The number of amides is 1. The Balaban J connectivity index is 2.04. The number of ether oxygens (including phenoxy) is 3. The van der Waals surface area contributed by atoms with Gasteiger partial charge in [-0.3, -0.25) is 4.79 Å². The summed E-state index contributed by atoms with van der Waals surface area (Å²) >= 11 is 0. The second-order valence-electron chi connectivity index (χ2n) is 5.46. The molecule has 2 rings (SSSR count). The van der Waals surface area contributed by atoms with E-state index in [2.05, 4.69) is 23.0 Å². The predicted octanol–water partition coefficient (Wildman–Crippen LogP) is 3.43. The van der Waals surface area contributed by atoms with Gasteiger partial charge in [0.1, 0.15) is 19.0 Å². The minimum Gasteiger partial charge on any atom is -0.490 e. The van der Waals surface area contributed by atoms with Crippen LogP contribution in [0.5, 0.6) is 17.2 Å². The van der Waals surface area contributed by atoms with Crippen molar-refractivity contribution in [1.29, 1.82) is 0 Å². The van der Waals surface area contributed by atoms with Crippen molar-refractivity contribution in [2.24, 2.45) is 5.10 Å². The Kier molecular flexibility index (Phi) is 8.16. The lowest BCUT2D eigenvalue weighted by Gasteiger charge is -2.12. The molecular formula is C22H22N2O4. The molecule has 0 bridgehead atoms. The van der Waals surface area contributed by atoms with E-state index < -0.39 is 0 Å². The van der Waals surface area contributed by atoms with Crippen LogP contribution >= 0.6 is 0 Å². The second-order valence-corrected chi connectivity index (χ2v) is 5.46. The number of hydrazone groups is 1. The van der Waals surface area contributed by atoms with E-state index in [1.807, 2.05) is 19.1 Å². The van der Waals surface area contributed by atoms with E-state index in [9.17, 15) is 4.79 Å². The maximum atomic E-state index is 12.3. The van der Waals surface area contributed by atoms with Crippen LogP contribution in [0.25, 0.3) is 0 Å². The maximum absolute atomic E-state index is 12.3. The van der Waals surface area contributed by atoms with Gasteiger partial charge in [-0.2, -0.15) is 5.10 Å². The summed E-state index contributed by atoms with van der Waals surface area (Å²) in [6.45, 7) is 6.45. The predicted molar refractivity (Wildman–Crippen MR) is 109 cm³/mol. The molecule has 6 heteroatoms. The van der Waals surface area contributed by atoms with Crippen LogP contribution in [0.1, 0.15) is 22.8 Å². The van der Waals surface area contributed by atoms with Gasteiger partial charge >= 0.3 is 0 Å². The fourth-order valence-electron chi connectivity index (χ4n) is 2.23. The molecule has 0 aliphatic heterocycles. The SMILES string of the molecule is C#CCOc1cccc(/C=N/NC(=O)c2ccc(OCC=C)c(OCC)c2)c1. The van der Waals surface area contributed by atoms with Crippen LogP contribution in [-0.2, 0) is 0 Å². The zero-order valence-corrected chi connectivity index (χ0v) is 15.7. The van der Waals surface area contributed by atoms with Crippen molar-refractivity contribution in [2.45, 2.75) is 6.92 Å². The fraction of sp³-hybridized carbons (Fsp3) is 0.182. The Morgan fingerprint density at radius 1 is 1.21 bits per heavy atom. The van der Waals surface area contributed by atoms with Gasteiger partial charge in [-0.05, 0) is 42.8 Å². The van der Waals surface area contributed by atoms with E-state index >= 15 is 0 Å². The van der Waals surface area contributed by atoms with E-state index in [0.717, 1.165) is 5.56 Å². The number of nitrogens with one attached hydrogen (secondary N) is 1. The molecule has 144 valence electrons. The number of hydrogen-bond donors (Lipinski definition) is 1. The van der Waals surface area contributed by atoms with Gasteiger partial charge in [-0.25, -0.2) is 5.43 Å². The molecular weight excluding hydrogens is 356 g/mol. The first kappa shape index (κ1) is 20.6. The van der Waals surface area contributed by atoms with Crippen molar-refractivity contribution in [3.05, 3.63) is 66.2 Å². The van der Waals surface area contributed by atoms with E-state index in [-0.39, 0.29) is 12.5 Å². The Hall–Kier alpha value is -3.72. The largest absolute Gasteiger partial charge is 0.490 e. The zero-order chi connectivity index (χ0) is 20.2. The van der Waals surface area contributed by atoms with Crippen molar-refractivity contribution in [1.82, 2.24) is 5.43 Å². The van der Waals surface area contributed by atoms with Crippen LogP contribution in [0.4, 0.5) is 0 Å². The smallest absolute Gasteiger partial charge is 0.271 e. The van der Waals surface area contributed by atoms with Crippen molar-refractivity contribution in [3.63, 3.8) is 0 Å². The van der Waals surface area contributed by atoms with Crippen molar-refractivity contribution in [2.75, 3.05) is 19.8 Å². The van der Waals surface area contributed by atoms with Gasteiger partial charge in [-0.1, -0.05) is 30.7 Å². The molecule has 1 N–H and O–H groups in total. The van der Waals surface area contributed by atoms with E-state index in [0.29, 0.717) is 36.0 Å². The van der Waals surface area contributed by atoms with E-state index in [1.54, 1.807) is 36.4 Å². The first-order valence-corrected chi connectivity index (χ1v) is 8.68. The molecule has 0 heterocycles. The molecule has 28 heavy (non-hydrogen) atoms. The number of terminal acetylenes is 1. The zero-order valence-electron chi connectivity index (χ0n) is 15.7. The molecule has 0 unspecified atom stereocenters. The number of nitrogens with zero attached hydrogens (tertiary/aromatic N) is 1. The van der Waals surface area contributed by atoms with Crippen molar-refractivity contribution >= 4 is 12.1 Å². The standard InChI is InChI=1S/C22H22N2O4/c1-4-12-27-19-9-7-8-17(14-19)16-23-24-22(25)18-10-11-20(28-13-5-2)21(15-18)26-6-3/h1,5,7-11,14-16H,2,6,12-13H2,3H3,(H,24,25)/b23-16+. The summed E-state index contributed by atoms with van der Waals surface area (Å²) in [6.07, 6.45) is 8.33. The van der Waals surface area contributed by atoms with Gasteiger partial charge in [0.2, 0.25) is 0 Å². The monoisotopic (exact) mass is 378 g/mol. The van der Waals surface area contributed by atoms with Crippen molar-refractivity contribution < 1.29 is 19.0 Å². The molecule has 6 nitrogen and oxygen atoms in total. The molecule has 2 aromatic rings. The second kappa shape index (κ2) is 11.1. The maximum Gasteiger partial charge on any atom is 0.271 e. The molecule has 0 radical (unpaired) electrons. The van der Waals surface area contributed by atoms with Gasteiger partial charge < -0.3 is 14.2 Å². The molecule has 0 saturated heterocycles. The highest BCUT2D eigenvalue weighted by atomic mass is 16.5. The minimum atomic E-state index is -0.368. The highest BCUT2D eigenvalue weighted by Crippen LogP contribution is 2.28. The quantitative estimate of drug-likeness (QED) is 0.298. The lowest BCUT2D eigenvalue weighted by atomic mass is 10.2. The van der Waals surface area contributed by atoms with Crippen LogP contribution in [0, 0.1) is 12.3 Å². The third-order valence-corrected chi connectivity index (χ3v) is 3.42. The molecule has 0 aliphatic carbocycles. The Morgan fingerprint density at radius 2 is 2.07 bits per heavy atom. The average Bonchev–Trinajstić information content (AvgIpc) is 2.71. The van der Waals surface area contributed by atoms with E-state index in [1.165, 1.54) is 6.21 Å². The van der Waals surface area contributed by atoms with Crippen LogP contribution in [-0.4, -0.2) is 31.9 Å². The number of rotatable bonds is 10. The lowest BCUT2D eigenvalue weighted by molar-refractivity contribution is 0.0954. The molecule has 0 saturated carbocycles. The first-order chi connectivity index (χ1) is 13.7. The molecule has 0 atom stereocenters. The number of carbonyl (C=O) groups is 1. The first-order valence-electron chi connectivity index (χ1n) is 8.68. The molecule has 2 aromatic carbocycles. The van der Waals surface area contributed by atoms with Gasteiger partial charge in [0, 0.05) is 5.56 Å². The molecule has 1 amide bonds. The van der Waals surface area contributed by atoms with Gasteiger partial charge in [-0.15, -0.1) is 6.42 Å². The topological polar surface area (TPSA) is 69.2 Å². The van der Waals surface area contributed by atoms with Crippen molar-refractivity contribution in [3.8, 4) is 29.6 Å². The summed E-state index contributed by atoms with van der Waals surface area (Å²) in [5.41, 5.74) is 3.65. The minimum absolute atomic E-state index is 0.187. The summed E-state index contributed by atoms with van der Waals surface area (Å²) in [5.74, 6) is 3.70. The Bertz CT molecular complexity index is 884. The Morgan fingerprint density at radius 3 is 2.82 bits per heavy atom. The summed E-state index contributed by atoms with van der Waals surface area (Å²) < 4.78 is 16.4. The number of hydrogen-bond acceptors (Lipinski definition) is 5. The Labute approximate surface area is 164 Å². The highest BCUT2D eigenvalue weighted by Gasteiger charge is 2.11. The highest BCUT2D eigenvalue weighted by molar-refractivity contribution is 5.95. The summed E-state index contributed by atoms with van der Waals surface area (Å²) in [4.78, 5) is 12.3.